The maximum Gasteiger partial charge on any atom is 0.265 e. The van der Waals surface area contributed by atoms with E-state index in [-0.39, 0.29) is 10.7 Å². The number of carbonyl (C=O) groups excluding carboxylic acids is 1. The third-order valence-corrected chi connectivity index (χ3v) is 5.04. The van der Waals surface area contributed by atoms with Crippen molar-refractivity contribution in [1.82, 2.24) is 9.78 Å². The third-order valence-electron chi connectivity index (χ3n) is 3.40. The molecule has 6 nitrogen and oxygen atoms in total. The summed E-state index contributed by atoms with van der Waals surface area (Å²) >= 11 is 0. The van der Waals surface area contributed by atoms with Gasteiger partial charge in [0.25, 0.3) is 10.0 Å². The van der Waals surface area contributed by atoms with Gasteiger partial charge in [-0.3, -0.25) is 14.2 Å². The monoisotopic (exact) mass is 321 g/mol. The number of Topliss-reactive ketones (excluding diaryl/α,β-unsaturated/α-hetero) is 1. The van der Waals surface area contributed by atoms with Crippen LogP contribution in [0.25, 0.3) is 0 Å². The van der Waals surface area contributed by atoms with Crippen molar-refractivity contribution in [3.63, 3.8) is 0 Å². The Labute approximate surface area is 130 Å². The van der Waals surface area contributed by atoms with Crippen LogP contribution in [0, 0.1) is 13.8 Å². The molecule has 0 aliphatic carbocycles. The molecule has 0 bridgehead atoms. The predicted molar refractivity (Wildman–Crippen MR) is 84.6 cm³/mol. The van der Waals surface area contributed by atoms with Crippen molar-refractivity contribution in [3.05, 3.63) is 41.2 Å². The first-order valence-corrected chi connectivity index (χ1v) is 8.42. The SMILES string of the molecule is CCn1nc(C)c(S(=O)(=O)Nc2cccc(C(C)=O)c2)c1C. The standard InChI is InChI=1S/C15H19N3O3S/c1-5-18-11(3)15(10(2)16-18)22(20,21)17-14-8-6-7-13(9-14)12(4)19/h6-9,17H,5H2,1-4H3. The molecule has 0 saturated heterocycles. The van der Waals surface area contributed by atoms with Gasteiger partial charge in [0, 0.05) is 17.8 Å². The summed E-state index contributed by atoms with van der Waals surface area (Å²) in [6, 6.07) is 6.42. The smallest absolute Gasteiger partial charge is 0.265 e. The molecule has 0 unspecified atom stereocenters. The zero-order valence-corrected chi connectivity index (χ0v) is 13.9. The number of hydrogen-bond acceptors (Lipinski definition) is 4. The fourth-order valence-corrected chi connectivity index (χ4v) is 3.85. The molecule has 0 amide bonds. The van der Waals surface area contributed by atoms with Gasteiger partial charge in [0.2, 0.25) is 0 Å². The second-order valence-corrected chi connectivity index (χ2v) is 6.68. The highest BCUT2D eigenvalue weighted by Gasteiger charge is 2.24. The molecule has 2 aromatic rings. The molecule has 1 N–H and O–H groups in total. The molecular weight excluding hydrogens is 302 g/mol. The van der Waals surface area contributed by atoms with E-state index in [0.717, 1.165) is 0 Å². The van der Waals surface area contributed by atoms with Crippen molar-refractivity contribution in [2.45, 2.75) is 39.1 Å². The van der Waals surface area contributed by atoms with Gasteiger partial charge in [-0.25, -0.2) is 8.42 Å². The van der Waals surface area contributed by atoms with E-state index in [1.165, 1.54) is 13.0 Å². The van der Waals surface area contributed by atoms with E-state index in [9.17, 15) is 13.2 Å². The van der Waals surface area contributed by atoms with Gasteiger partial charge >= 0.3 is 0 Å². The number of hydrogen-bond donors (Lipinski definition) is 1. The van der Waals surface area contributed by atoms with Crippen LogP contribution in [0.3, 0.4) is 0 Å². The minimum Gasteiger partial charge on any atom is -0.295 e. The summed E-state index contributed by atoms with van der Waals surface area (Å²) in [5, 5.41) is 4.23. The Kier molecular flexibility index (Phi) is 4.37. The molecule has 0 aliphatic heterocycles. The van der Waals surface area contributed by atoms with E-state index in [4.69, 9.17) is 0 Å². The normalized spacial score (nSPS) is 11.5. The third kappa shape index (κ3) is 3.04. The molecule has 0 spiro atoms. The van der Waals surface area contributed by atoms with Crippen LogP contribution in [0.5, 0.6) is 0 Å². The molecule has 22 heavy (non-hydrogen) atoms. The summed E-state index contributed by atoms with van der Waals surface area (Å²) in [6.07, 6.45) is 0. The van der Waals surface area contributed by atoms with Crippen molar-refractivity contribution in [2.75, 3.05) is 4.72 Å². The summed E-state index contributed by atoms with van der Waals surface area (Å²) in [5.74, 6) is -0.118. The van der Waals surface area contributed by atoms with Crippen molar-refractivity contribution < 1.29 is 13.2 Å². The van der Waals surface area contributed by atoms with E-state index < -0.39 is 10.0 Å². The van der Waals surface area contributed by atoms with Crippen LogP contribution in [-0.4, -0.2) is 24.0 Å². The molecule has 7 heteroatoms. The highest BCUT2D eigenvalue weighted by atomic mass is 32.2. The molecule has 2 rings (SSSR count). The van der Waals surface area contributed by atoms with Crippen LogP contribution in [0.2, 0.25) is 0 Å². The molecular formula is C15H19N3O3S. The summed E-state index contributed by atoms with van der Waals surface area (Å²) in [6.45, 7) is 7.33. The van der Waals surface area contributed by atoms with Crippen LogP contribution in [0.4, 0.5) is 5.69 Å². The average Bonchev–Trinajstić information content (AvgIpc) is 2.73. The number of rotatable bonds is 5. The largest absolute Gasteiger partial charge is 0.295 e. The van der Waals surface area contributed by atoms with Gasteiger partial charge in [0.15, 0.2) is 5.78 Å². The molecule has 0 aliphatic rings. The highest BCUT2D eigenvalue weighted by molar-refractivity contribution is 7.92. The molecule has 0 radical (unpaired) electrons. The lowest BCUT2D eigenvalue weighted by atomic mass is 10.1. The Hall–Kier alpha value is -2.15. The molecule has 0 fully saturated rings. The van der Waals surface area contributed by atoms with Crippen molar-refractivity contribution >= 4 is 21.5 Å². The molecule has 1 aromatic heterocycles. The number of aryl methyl sites for hydroxylation is 2. The lowest BCUT2D eigenvalue weighted by Crippen LogP contribution is -2.15. The summed E-state index contributed by atoms with van der Waals surface area (Å²) in [5.41, 5.74) is 1.86. The second kappa shape index (κ2) is 5.92. The zero-order valence-electron chi connectivity index (χ0n) is 13.0. The van der Waals surface area contributed by atoms with Crippen LogP contribution < -0.4 is 4.72 Å². The van der Waals surface area contributed by atoms with Crippen LogP contribution in [-0.2, 0) is 16.6 Å². The van der Waals surface area contributed by atoms with Crippen LogP contribution in [0.1, 0.15) is 35.6 Å². The Balaban J connectivity index is 2.42. The maximum atomic E-state index is 12.6. The first kappa shape index (κ1) is 16.2. The lowest BCUT2D eigenvalue weighted by Gasteiger charge is -2.09. The lowest BCUT2D eigenvalue weighted by molar-refractivity contribution is 0.101. The zero-order chi connectivity index (χ0) is 16.5. The minimum atomic E-state index is -3.75. The number of sulfonamides is 1. The fraction of sp³-hybridized carbons (Fsp3) is 0.333. The van der Waals surface area contributed by atoms with E-state index in [2.05, 4.69) is 9.82 Å². The molecule has 0 saturated carbocycles. The van der Waals surface area contributed by atoms with E-state index in [0.29, 0.717) is 29.2 Å². The summed E-state index contributed by atoms with van der Waals surface area (Å²) < 4.78 is 29.4. The number of benzene rings is 1. The van der Waals surface area contributed by atoms with Gasteiger partial charge in [-0.15, -0.1) is 0 Å². The Bertz CT molecular complexity index is 823. The van der Waals surface area contributed by atoms with Gasteiger partial charge in [-0.05, 0) is 39.8 Å². The number of nitrogens with zero attached hydrogens (tertiary/aromatic N) is 2. The number of anilines is 1. The highest BCUT2D eigenvalue weighted by Crippen LogP contribution is 2.23. The minimum absolute atomic E-state index is 0.118. The van der Waals surface area contributed by atoms with Gasteiger partial charge in [-0.1, -0.05) is 12.1 Å². The molecule has 1 aromatic carbocycles. The van der Waals surface area contributed by atoms with E-state index in [1.54, 1.807) is 36.7 Å². The maximum absolute atomic E-state index is 12.6. The first-order valence-electron chi connectivity index (χ1n) is 6.94. The second-order valence-electron chi connectivity index (χ2n) is 5.06. The van der Waals surface area contributed by atoms with E-state index in [1.807, 2.05) is 6.92 Å². The summed E-state index contributed by atoms with van der Waals surface area (Å²) in [4.78, 5) is 11.6. The predicted octanol–water partition coefficient (Wildman–Crippen LogP) is 2.52. The Morgan fingerprint density at radius 1 is 1.32 bits per heavy atom. The average molecular weight is 321 g/mol. The molecule has 1 heterocycles. The Morgan fingerprint density at radius 2 is 2.00 bits per heavy atom. The number of nitrogens with one attached hydrogen (secondary N) is 1. The van der Waals surface area contributed by atoms with Gasteiger partial charge in [0.1, 0.15) is 4.90 Å². The topological polar surface area (TPSA) is 81.1 Å². The van der Waals surface area contributed by atoms with Crippen molar-refractivity contribution in [1.29, 1.82) is 0 Å². The Morgan fingerprint density at radius 3 is 2.55 bits per heavy atom. The number of ketones is 1. The van der Waals surface area contributed by atoms with Crippen LogP contribution in [0.15, 0.2) is 29.2 Å². The molecule has 118 valence electrons. The fourth-order valence-electron chi connectivity index (χ4n) is 2.39. The van der Waals surface area contributed by atoms with Crippen molar-refractivity contribution in [2.24, 2.45) is 0 Å². The summed E-state index contributed by atoms with van der Waals surface area (Å²) in [7, 11) is -3.75. The van der Waals surface area contributed by atoms with Crippen molar-refractivity contribution in [3.8, 4) is 0 Å². The number of aromatic nitrogens is 2. The van der Waals surface area contributed by atoms with Gasteiger partial charge < -0.3 is 0 Å². The van der Waals surface area contributed by atoms with E-state index >= 15 is 0 Å². The van der Waals surface area contributed by atoms with Gasteiger partial charge in [-0.2, -0.15) is 5.10 Å². The van der Waals surface area contributed by atoms with Gasteiger partial charge in [0.05, 0.1) is 11.4 Å². The number of carbonyl (C=O) groups is 1. The van der Waals surface area contributed by atoms with Crippen LogP contribution >= 0.6 is 0 Å². The molecule has 0 atom stereocenters. The quantitative estimate of drug-likeness (QED) is 0.858. The first-order chi connectivity index (χ1) is 10.3.